The van der Waals surface area contributed by atoms with Crippen molar-refractivity contribution in [1.82, 2.24) is 15.5 Å². The molecule has 0 spiro atoms. The van der Waals surface area contributed by atoms with E-state index in [1.54, 1.807) is 0 Å². The van der Waals surface area contributed by atoms with E-state index < -0.39 is 0 Å². The fourth-order valence-electron chi connectivity index (χ4n) is 4.99. The average Bonchev–Trinajstić information content (AvgIpc) is 3.27. The van der Waals surface area contributed by atoms with E-state index >= 15 is 0 Å². The molecule has 4 atom stereocenters. The van der Waals surface area contributed by atoms with Crippen molar-refractivity contribution < 1.29 is 9.53 Å². The molecular weight excluding hydrogens is 290 g/mol. The maximum atomic E-state index is 12.3. The Morgan fingerprint density at radius 1 is 1.35 bits per heavy atom. The Hall–Kier alpha value is -1.36. The summed E-state index contributed by atoms with van der Waals surface area (Å²) in [6, 6.07) is 0.368. The van der Waals surface area contributed by atoms with Gasteiger partial charge < -0.3 is 10.1 Å². The fourth-order valence-corrected chi connectivity index (χ4v) is 4.99. The SMILES string of the molecule is O=C(CCCc1cn[nH]c1)N[C@@H]1[C@@H]2CCO[C@@H]2[C@@H]1C1CCCC1. The van der Waals surface area contributed by atoms with Gasteiger partial charge in [0.1, 0.15) is 0 Å². The molecule has 0 radical (unpaired) electrons. The molecule has 23 heavy (non-hydrogen) atoms. The van der Waals surface area contributed by atoms with E-state index in [-0.39, 0.29) is 5.91 Å². The van der Waals surface area contributed by atoms with Crippen LogP contribution in [0.15, 0.2) is 12.4 Å². The lowest BCUT2D eigenvalue weighted by Gasteiger charge is -2.50. The first-order valence-corrected chi connectivity index (χ1v) is 9.21. The molecule has 3 fully saturated rings. The number of H-pyrrole nitrogens is 1. The highest BCUT2D eigenvalue weighted by Crippen LogP contribution is 2.51. The highest BCUT2D eigenvalue weighted by molar-refractivity contribution is 5.76. The van der Waals surface area contributed by atoms with Crippen LogP contribution in [0.1, 0.15) is 50.5 Å². The third-order valence-corrected chi connectivity index (χ3v) is 6.13. The molecule has 2 saturated carbocycles. The van der Waals surface area contributed by atoms with Gasteiger partial charge in [-0.3, -0.25) is 9.89 Å². The Balaban J connectivity index is 1.28. The molecule has 1 aromatic rings. The van der Waals surface area contributed by atoms with Gasteiger partial charge in [0.2, 0.25) is 5.91 Å². The average molecular weight is 317 g/mol. The van der Waals surface area contributed by atoms with Crippen LogP contribution in [0.3, 0.4) is 0 Å². The van der Waals surface area contributed by atoms with E-state index in [2.05, 4.69) is 15.5 Å². The van der Waals surface area contributed by atoms with Gasteiger partial charge in [-0.15, -0.1) is 0 Å². The number of aromatic nitrogens is 2. The second-order valence-electron chi connectivity index (χ2n) is 7.46. The third kappa shape index (κ3) is 3.03. The van der Waals surface area contributed by atoms with Crippen LogP contribution in [0.2, 0.25) is 0 Å². The van der Waals surface area contributed by atoms with Crippen LogP contribution in [0.25, 0.3) is 0 Å². The van der Waals surface area contributed by atoms with Crippen molar-refractivity contribution >= 4 is 5.91 Å². The van der Waals surface area contributed by atoms with Crippen molar-refractivity contribution in [3.63, 3.8) is 0 Å². The van der Waals surface area contributed by atoms with Crippen molar-refractivity contribution in [2.75, 3.05) is 6.61 Å². The van der Waals surface area contributed by atoms with E-state index in [1.165, 1.54) is 31.2 Å². The standard InChI is InChI=1S/C18H27N3O2/c22-15(7-3-4-12-10-19-20-11-12)21-17-14-8-9-23-18(14)16(17)13-5-1-2-6-13/h10-11,13-14,16-18H,1-9H2,(H,19,20)(H,21,22)/t14-,16+,17+,18-/m0/s1. The monoisotopic (exact) mass is 317 g/mol. The molecule has 4 rings (SSSR count). The molecule has 1 saturated heterocycles. The predicted molar refractivity (Wildman–Crippen MR) is 86.8 cm³/mol. The maximum Gasteiger partial charge on any atom is 0.220 e. The van der Waals surface area contributed by atoms with E-state index in [1.807, 2.05) is 12.4 Å². The number of nitrogens with one attached hydrogen (secondary N) is 2. The van der Waals surface area contributed by atoms with Gasteiger partial charge in [0.05, 0.1) is 12.3 Å². The molecule has 5 nitrogen and oxygen atoms in total. The van der Waals surface area contributed by atoms with Crippen LogP contribution in [-0.2, 0) is 16.0 Å². The highest BCUT2D eigenvalue weighted by Gasteiger charge is 2.56. The van der Waals surface area contributed by atoms with Gasteiger partial charge in [-0.25, -0.2) is 0 Å². The zero-order chi connectivity index (χ0) is 15.6. The van der Waals surface area contributed by atoms with Gasteiger partial charge in [-0.1, -0.05) is 25.7 Å². The minimum atomic E-state index is 0.215. The largest absolute Gasteiger partial charge is 0.377 e. The molecular formula is C18H27N3O2. The van der Waals surface area contributed by atoms with Crippen molar-refractivity contribution in [2.24, 2.45) is 17.8 Å². The Morgan fingerprint density at radius 2 is 2.22 bits per heavy atom. The van der Waals surface area contributed by atoms with Crippen LogP contribution in [0, 0.1) is 17.8 Å². The second kappa shape index (κ2) is 6.63. The number of hydrogen-bond acceptors (Lipinski definition) is 3. The number of fused-ring (bicyclic) bond motifs is 1. The Bertz CT molecular complexity index is 520. The first-order valence-electron chi connectivity index (χ1n) is 9.21. The van der Waals surface area contributed by atoms with Gasteiger partial charge in [-0.05, 0) is 30.7 Å². The Kier molecular flexibility index (Phi) is 4.38. The number of aromatic amines is 1. The number of aryl methyl sites for hydroxylation is 1. The first-order chi connectivity index (χ1) is 11.3. The maximum absolute atomic E-state index is 12.3. The molecule has 5 heteroatoms. The van der Waals surface area contributed by atoms with Crippen LogP contribution in [0.4, 0.5) is 0 Å². The molecule has 126 valence electrons. The molecule has 1 aliphatic heterocycles. The number of nitrogens with zero attached hydrogens (tertiary/aromatic N) is 1. The number of carbonyl (C=O) groups is 1. The van der Waals surface area contributed by atoms with Gasteiger partial charge in [0.15, 0.2) is 0 Å². The molecule has 2 N–H and O–H groups in total. The summed E-state index contributed by atoms with van der Waals surface area (Å²) >= 11 is 0. The van der Waals surface area contributed by atoms with Crippen molar-refractivity contribution in [2.45, 2.75) is 63.5 Å². The zero-order valence-corrected chi connectivity index (χ0v) is 13.7. The molecule has 1 aromatic heterocycles. The summed E-state index contributed by atoms with van der Waals surface area (Å²) in [5.41, 5.74) is 1.18. The number of rotatable bonds is 6. The summed E-state index contributed by atoms with van der Waals surface area (Å²) in [7, 11) is 0. The minimum absolute atomic E-state index is 0.215. The smallest absolute Gasteiger partial charge is 0.220 e. The van der Waals surface area contributed by atoms with Gasteiger partial charge in [-0.2, -0.15) is 5.10 Å². The van der Waals surface area contributed by atoms with Crippen LogP contribution < -0.4 is 5.32 Å². The first kappa shape index (κ1) is 15.2. The van der Waals surface area contributed by atoms with Crippen molar-refractivity contribution in [1.29, 1.82) is 0 Å². The van der Waals surface area contributed by atoms with Crippen LogP contribution in [-0.4, -0.2) is 34.9 Å². The van der Waals surface area contributed by atoms with Crippen molar-refractivity contribution in [3.05, 3.63) is 18.0 Å². The molecule has 2 aliphatic carbocycles. The van der Waals surface area contributed by atoms with E-state index in [0.717, 1.165) is 31.8 Å². The highest BCUT2D eigenvalue weighted by atomic mass is 16.5. The molecule has 0 unspecified atom stereocenters. The lowest BCUT2D eigenvalue weighted by Crippen LogP contribution is -2.63. The molecule has 0 bridgehead atoms. The zero-order valence-electron chi connectivity index (χ0n) is 13.7. The number of ether oxygens (including phenoxy) is 1. The van der Waals surface area contributed by atoms with Gasteiger partial charge in [0, 0.05) is 37.1 Å². The minimum Gasteiger partial charge on any atom is -0.377 e. The lowest BCUT2D eigenvalue weighted by molar-refractivity contribution is -0.130. The predicted octanol–water partition coefficient (Wildman–Crippen LogP) is 2.44. The summed E-state index contributed by atoms with van der Waals surface area (Å²) in [5, 5.41) is 10.1. The Morgan fingerprint density at radius 3 is 3.00 bits per heavy atom. The fraction of sp³-hybridized carbons (Fsp3) is 0.778. The molecule has 2 heterocycles. The van der Waals surface area contributed by atoms with E-state index in [0.29, 0.717) is 30.4 Å². The quantitative estimate of drug-likeness (QED) is 0.847. The molecule has 3 aliphatic rings. The number of carbonyl (C=O) groups excluding carboxylic acids is 1. The van der Waals surface area contributed by atoms with E-state index in [4.69, 9.17) is 4.74 Å². The van der Waals surface area contributed by atoms with Gasteiger partial charge in [0.25, 0.3) is 0 Å². The number of amides is 1. The van der Waals surface area contributed by atoms with Crippen LogP contribution in [0.5, 0.6) is 0 Å². The van der Waals surface area contributed by atoms with Gasteiger partial charge >= 0.3 is 0 Å². The summed E-state index contributed by atoms with van der Waals surface area (Å²) in [4.78, 5) is 12.3. The lowest BCUT2D eigenvalue weighted by atomic mass is 9.61. The molecule has 1 amide bonds. The topological polar surface area (TPSA) is 67.0 Å². The third-order valence-electron chi connectivity index (χ3n) is 6.13. The normalized spacial score (nSPS) is 33.4. The number of hydrogen-bond donors (Lipinski definition) is 2. The summed E-state index contributed by atoms with van der Waals surface area (Å²) in [6.07, 6.45) is 13.0. The summed E-state index contributed by atoms with van der Waals surface area (Å²) < 4.78 is 5.96. The second-order valence-corrected chi connectivity index (χ2v) is 7.46. The van der Waals surface area contributed by atoms with E-state index in [9.17, 15) is 4.79 Å². The molecule has 0 aromatic carbocycles. The Labute approximate surface area is 137 Å². The summed E-state index contributed by atoms with van der Waals surface area (Å²) in [5.74, 6) is 2.12. The van der Waals surface area contributed by atoms with Crippen LogP contribution >= 0.6 is 0 Å². The van der Waals surface area contributed by atoms with Crippen molar-refractivity contribution in [3.8, 4) is 0 Å². The summed E-state index contributed by atoms with van der Waals surface area (Å²) in [6.45, 7) is 0.880.